The van der Waals surface area contributed by atoms with Crippen molar-refractivity contribution in [1.29, 1.82) is 0 Å². The normalized spacial score (nSPS) is 13.1. The first-order valence-corrected chi connectivity index (χ1v) is 8.40. The number of unbranched alkanes of at least 4 members (excludes halogenated alkanes) is 2. The number of alkyl halides is 6. The van der Waals surface area contributed by atoms with Crippen molar-refractivity contribution in [3.63, 3.8) is 0 Å². The predicted molar refractivity (Wildman–Crippen MR) is 79.9 cm³/mol. The van der Waals surface area contributed by atoms with Crippen molar-refractivity contribution in [2.24, 2.45) is 5.41 Å². The summed E-state index contributed by atoms with van der Waals surface area (Å²) in [7, 11) is 0. The van der Waals surface area contributed by atoms with E-state index >= 15 is 0 Å². The van der Waals surface area contributed by atoms with Gasteiger partial charge in [0, 0.05) is 6.42 Å². The second-order valence-electron chi connectivity index (χ2n) is 5.25. The fourth-order valence-electron chi connectivity index (χ4n) is 2.10. The molecule has 0 aromatic heterocycles. The van der Waals surface area contributed by atoms with Crippen LogP contribution in [0.1, 0.15) is 44.9 Å². The van der Waals surface area contributed by atoms with Gasteiger partial charge in [0.05, 0.1) is 0 Å². The zero-order chi connectivity index (χ0) is 18.3. The molecule has 0 amide bonds. The highest BCUT2D eigenvalue weighted by atomic mass is 127. The molecule has 4 nitrogen and oxygen atoms in total. The minimum atomic E-state index is -5.73. The lowest BCUT2D eigenvalue weighted by Crippen LogP contribution is -2.41. The molecule has 0 aliphatic carbocycles. The van der Waals surface area contributed by atoms with Gasteiger partial charge in [-0.15, -0.1) is 0 Å². The molecule has 0 spiro atoms. The van der Waals surface area contributed by atoms with Gasteiger partial charge < -0.3 is 10.2 Å². The van der Waals surface area contributed by atoms with Gasteiger partial charge in [-0.05, 0) is 30.1 Å². The Kier molecular flexibility index (Phi) is 8.71. The van der Waals surface area contributed by atoms with Crippen LogP contribution in [0.2, 0.25) is 0 Å². The van der Waals surface area contributed by atoms with E-state index in [1.807, 2.05) is 0 Å². The van der Waals surface area contributed by atoms with Crippen LogP contribution in [0.4, 0.5) is 22.0 Å². The molecule has 0 radical (unpaired) electrons. The predicted octanol–water partition coefficient (Wildman–Crippen LogP) is 4.51. The number of hydrogen-bond acceptors (Lipinski definition) is 2. The van der Waals surface area contributed by atoms with Gasteiger partial charge in [-0.3, -0.25) is 9.59 Å². The van der Waals surface area contributed by atoms with Crippen LogP contribution in [0.15, 0.2) is 0 Å². The van der Waals surface area contributed by atoms with Gasteiger partial charge in [-0.2, -0.15) is 22.0 Å². The maximum Gasteiger partial charge on any atom is 0.453 e. The molecule has 0 aliphatic heterocycles. The first kappa shape index (κ1) is 22.3. The molecule has 0 rings (SSSR count). The van der Waals surface area contributed by atoms with Gasteiger partial charge in [0.1, 0.15) is 0 Å². The summed E-state index contributed by atoms with van der Waals surface area (Å²) in [5.74, 6) is -8.39. The molecule has 0 saturated heterocycles. The number of hydrogen-bond donors (Lipinski definition) is 2. The lowest BCUT2D eigenvalue weighted by atomic mass is 9.78. The third kappa shape index (κ3) is 6.38. The van der Waals surface area contributed by atoms with Crippen LogP contribution in [-0.2, 0) is 9.59 Å². The Morgan fingerprint density at radius 2 is 1.26 bits per heavy atom. The third-order valence-corrected chi connectivity index (χ3v) is 4.33. The molecular weight excluding hydrogens is 442 g/mol. The van der Waals surface area contributed by atoms with Gasteiger partial charge >= 0.3 is 24.0 Å². The summed E-state index contributed by atoms with van der Waals surface area (Å²) in [4.78, 5) is 22.6. The summed E-state index contributed by atoms with van der Waals surface area (Å²) in [5, 5.41) is 18.3. The number of carbonyl (C=O) groups is 2. The Bertz CT molecular complexity index is 398. The van der Waals surface area contributed by atoms with E-state index in [9.17, 15) is 31.5 Å². The number of rotatable bonds is 11. The molecule has 0 aromatic carbocycles. The molecule has 0 aliphatic rings. The summed E-state index contributed by atoms with van der Waals surface area (Å²) >= 11 is 2.09. The van der Waals surface area contributed by atoms with Crippen molar-refractivity contribution < 1.29 is 41.8 Å². The fourth-order valence-corrected chi connectivity index (χ4v) is 2.64. The first-order chi connectivity index (χ1) is 10.4. The van der Waals surface area contributed by atoms with Crippen LogP contribution in [-0.4, -0.2) is 38.7 Å². The van der Waals surface area contributed by atoms with Crippen molar-refractivity contribution in [3.8, 4) is 0 Å². The van der Waals surface area contributed by atoms with E-state index in [1.165, 1.54) is 0 Å². The smallest absolute Gasteiger partial charge is 0.453 e. The van der Waals surface area contributed by atoms with Crippen molar-refractivity contribution in [2.75, 3.05) is 4.43 Å². The molecule has 0 bridgehead atoms. The highest BCUT2D eigenvalue weighted by Gasteiger charge is 2.57. The van der Waals surface area contributed by atoms with Crippen LogP contribution >= 0.6 is 22.6 Å². The molecule has 0 atom stereocenters. The first-order valence-electron chi connectivity index (χ1n) is 6.88. The Morgan fingerprint density at radius 1 is 0.783 bits per heavy atom. The van der Waals surface area contributed by atoms with Crippen LogP contribution in [0.5, 0.6) is 0 Å². The summed E-state index contributed by atoms with van der Waals surface area (Å²) < 4.78 is 62.7. The van der Waals surface area contributed by atoms with E-state index in [1.54, 1.807) is 0 Å². The molecule has 23 heavy (non-hydrogen) atoms. The molecule has 0 saturated carbocycles. The topological polar surface area (TPSA) is 74.6 Å². The SMILES string of the molecule is O=C(O)C(CCCCCI)(CCCC(F)(F)C(F)(F)F)C(=O)O. The molecule has 0 fully saturated rings. The number of carboxylic acids is 2. The summed E-state index contributed by atoms with van der Waals surface area (Å²) in [6.07, 6.45) is -7.74. The highest BCUT2D eigenvalue weighted by molar-refractivity contribution is 14.1. The van der Waals surface area contributed by atoms with Crippen molar-refractivity contribution in [2.45, 2.75) is 57.0 Å². The second kappa shape index (κ2) is 8.97. The summed E-state index contributed by atoms with van der Waals surface area (Å²) in [6.45, 7) is 0. The standard InChI is InChI=1S/C13H18F5IO4/c14-12(15,13(16,17)18)7-4-6-11(9(20)21,10(22)23)5-2-1-3-8-19/h1-8H2,(H,20,21)(H,22,23). The molecule has 0 unspecified atom stereocenters. The van der Waals surface area contributed by atoms with Gasteiger partial charge in [-0.1, -0.05) is 35.4 Å². The largest absolute Gasteiger partial charge is 0.480 e. The fraction of sp³-hybridized carbons (Fsp3) is 0.846. The van der Waals surface area contributed by atoms with Gasteiger partial charge in [0.25, 0.3) is 0 Å². The zero-order valence-electron chi connectivity index (χ0n) is 12.1. The van der Waals surface area contributed by atoms with E-state index in [0.717, 1.165) is 10.8 Å². The lowest BCUT2D eigenvalue weighted by Gasteiger charge is -2.26. The minimum absolute atomic E-state index is 0.247. The maximum absolute atomic E-state index is 12.8. The monoisotopic (exact) mass is 460 g/mol. The summed E-state index contributed by atoms with van der Waals surface area (Å²) in [5.41, 5.74) is -2.33. The Hall–Kier alpha value is -0.680. The second-order valence-corrected chi connectivity index (χ2v) is 6.33. The van der Waals surface area contributed by atoms with E-state index in [0.29, 0.717) is 6.42 Å². The van der Waals surface area contributed by atoms with E-state index in [4.69, 9.17) is 10.2 Å². The number of aliphatic carboxylic acids is 2. The average molecular weight is 460 g/mol. The quantitative estimate of drug-likeness (QED) is 0.157. The minimum Gasteiger partial charge on any atom is -0.480 e. The van der Waals surface area contributed by atoms with Crippen LogP contribution in [0.3, 0.4) is 0 Å². The van der Waals surface area contributed by atoms with E-state index < -0.39 is 48.7 Å². The van der Waals surface area contributed by atoms with Crippen molar-refractivity contribution in [3.05, 3.63) is 0 Å². The molecule has 10 heteroatoms. The Morgan fingerprint density at radius 3 is 1.65 bits per heavy atom. The van der Waals surface area contributed by atoms with E-state index in [2.05, 4.69) is 22.6 Å². The number of halogens is 6. The lowest BCUT2D eigenvalue weighted by molar-refractivity contribution is -0.284. The van der Waals surface area contributed by atoms with Crippen molar-refractivity contribution >= 4 is 34.5 Å². The number of carboxylic acid groups (broad SMARTS) is 2. The van der Waals surface area contributed by atoms with Crippen molar-refractivity contribution in [1.82, 2.24) is 0 Å². The van der Waals surface area contributed by atoms with Gasteiger partial charge in [-0.25, -0.2) is 0 Å². The van der Waals surface area contributed by atoms with Gasteiger partial charge in [0.15, 0.2) is 5.41 Å². The van der Waals surface area contributed by atoms with E-state index in [-0.39, 0.29) is 12.8 Å². The zero-order valence-corrected chi connectivity index (χ0v) is 14.3. The third-order valence-electron chi connectivity index (χ3n) is 3.56. The molecule has 0 aromatic rings. The van der Waals surface area contributed by atoms with Crippen LogP contribution < -0.4 is 0 Å². The molecular formula is C13H18F5IO4. The highest BCUT2D eigenvalue weighted by Crippen LogP contribution is 2.41. The maximum atomic E-state index is 12.8. The van der Waals surface area contributed by atoms with Gasteiger partial charge in [0.2, 0.25) is 0 Å². The molecule has 2 N–H and O–H groups in total. The van der Waals surface area contributed by atoms with Crippen LogP contribution in [0.25, 0.3) is 0 Å². The average Bonchev–Trinajstić information content (AvgIpc) is 2.39. The Labute approximate surface area is 143 Å². The summed E-state index contributed by atoms with van der Waals surface area (Å²) in [6, 6.07) is 0. The molecule has 136 valence electrons. The van der Waals surface area contributed by atoms with Crippen LogP contribution in [0, 0.1) is 5.41 Å². The molecule has 0 heterocycles. The Balaban J connectivity index is 4.90.